The van der Waals surface area contributed by atoms with Crippen molar-refractivity contribution in [3.8, 4) is 0 Å². The van der Waals surface area contributed by atoms with E-state index in [2.05, 4.69) is 5.32 Å². The third-order valence-corrected chi connectivity index (χ3v) is 3.51. The first kappa shape index (κ1) is 10.9. The average Bonchev–Trinajstić information content (AvgIpc) is 2.81. The summed E-state index contributed by atoms with van der Waals surface area (Å²) in [6, 6.07) is 0. The van der Waals surface area contributed by atoms with Crippen LogP contribution in [0.1, 0.15) is 44.9 Å². The highest BCUT2D eigenvalue weighted by atomic mass is 16.5. The van der Waals surface area contributed by atoms with Crippen molar-refractivity contribution < 1.29 is 9.53 Å². The molecule has 1 saturated heterocycles. The van der Waals surface area contributed by atoms with Crippen LogP contribution in [0.15, 0.2) is 0 Å². The Hall–Kier alpha value is -0.570. The van der Waals surface area contributed by atoms with Crippen LogP contribution in [0.5, 0.6) is 0 Å². The van der Waals surface area contributed by atoms with Crippen molar-refractivity contribution >= 4 is 5.91 Å². The number of hydrogen-bond donors (Lipinski definition) is 1. The van der Waals surface area contributed by atoms with Gasteiger partial charge in [-0.05, 0) is 31.6 Å². The summed E-state index contributed by atoms with van der Waals surface area (Å²) in [6.07, 6.45) is 8.38. The Labute approximate surface area is 91.6 Å². The predicted octanol–water partition coefficient (Wildman–Crippen LogP) is 1.86. The smallest absolute Gasteiger partial charge is 0.249 e. The summed E-state index contributed by atoms with van der Waals surface area (Å²) in [5.74, 6) is 0.821. The molecule has 1 N–H and O–H groups in total. The molecular formula is C12H21NO2. The second-order valence-electron chi connectivity index (χ2n) is 4.75. The van der Waals surface area contributed by atoms with Gasteiger partial charge in [0.15, 0.2) is 0 Å². The molecular weight excluding hydrogens is 190 g/mol. The first-order valence-corrected chi connectivity index (χ1v) is 6.25. The second-order valence-corrected chi connectivity index (χ2v) is 4.75. The molecule has 15 heavy (non-hydrogen) atoms. The standard InChI is InChI=1S/C12H21NO2/c14-12(11-7-4-8-15-11)13-9-10-5-2-1-3-6-10/h10-11H,1-9H2,(H,13,14)/t11-/m0/s1. The quantitative estimate of drug-likeness (QED) is 0.774. The van der Waals surface area contributed by atoms with Crippen LogP contribution in [-0.4, -0.2) is 25.2 Å². The van der Waals surface area contributed by atoms with Crippen LogP contribution in [-0.2, 0) is 9.53 Å². The minimum Gasteiger partial charge on any atom is -0.368 e. The van der Waals surface area contributed by atoms with Gasteiger partial charge in [-0.15, -0.1) is 0 Å². The molecule has 86 valence electrons. The van der Waals surface area contributed by atoms with E-state index in [-0.39, 0.29) is 12.0 Å². The number of carbonyl (C=O) groups excluding carboxylic acids is 1. The van der Waals surface area contributed by atoms with E-state index < -0.39 is 0 Å². The second kappa shape index (κ2) is 5.50. The fourth-order valence-electron chi connectivity index (χ4n) is 2.53. The van der Waals surface area contributed by atoms with Crippen LogP contribution in [0.3, 0.4) is 0 Å². The highest BCUT2D eigenvalue weighted by Gasteiger charge is 2.24. The number of amides is 1. The minimum atomic E-state index is -0.159. The summed E-state index contributed by atoms with van der Waals surface area (Å²) in [5, 5.41) is 3.03. The molecule has 1 amide bonds. The van der Waals surface area contributed by atoms with Gasteiger partial charge in [0.25, 0.3) is 0 Å². The van der Waals surface area contributed by atoms with Crippen molar-refractivity contribution in [2.75, 3.05) is 13.2 Å². The maximum absolute atomic E-state index is 11.7. The first-order chi connectivity index (χ1) is 7.36. The van der Waals surface area contributed by atoms with Crippen molar-refractivity contribution in [2.45, 2.75) is 51.0 Å². The summed E-state index contributed by atoms with van der Waals surface area (Å²) >= 11 is 0. The lowest BCUT2D eigenvalue weighted by Crippen LogP contribution is -2.37. The van der Waals surface area contributed by atoms with Crippen LogP contribution in [0.25, 0.3) is 0 Å². The van der Waals surface area contributed by atoms with Crippen LogP contribution < -0.4 is 5.32 Å². The van der Waals surface area contributed by atoms with Crippen molar-refractivity contribution in [1.29, 1.82) is 0 Å². The molecule has 0 aromatic carbocycles. The van der Waals surface area contributed by atoms with E-state index in [1.165, 1.54) is 32.1 Å². The van der Waals surface area contributed by atoms with Gasteiger partial charge in [0, 0.05) is 13.2 Å². The summed E-state index contributed by atoms with van der Waals surface area (Å²) in [6.45, 7) is 1.61. The number of ether oxygens (including phenoxy) is 1. The Bertz CT molecular complexity index is 206. The summed E-state index contributed by atoms with van der Waals surface area (Å²) in [7, 11) is 0. The van der Waals surface area contributed by atoms with Gasteiger partial charge < -0.3 is 10.1 Å². The van der Waals surface area contributed by atoms with Crippen molar-refractivity contribution in [3.63, 3.8) is 0 Å². The Balaban J connectivity index is 1.65. The van der Waals surface area contributed by atoms with Crippen LogP contribution in [0.2, 0.25) is 0 Å². The van der Waals surface area contributed by atoms with E-state index in [4.69, 9.17) is 4.74 Å². The van der Waals surface area contributed by atoms with Gasteiger partial charge in [0.1, 0.15) is 6.10 Å². The van der Waals surface area contributed by atoms with Gasteiger partial charge >= 0.3 is 0 Å². The Morgan fingerprint density at radius 2 is 1.93 bits per heavy atom. The molecule has 3 nitrogen and oxygen atoms in total. The van der Waals surface area contributed by atoms with Gasteiger partial charge in [0.05, 0.1) is 0 Å². The largest absolute Gasteiger partial charge is 0.368 e. The first-order valence-electron chi connectivity index (χ1n) is 6.25. The Kier molecular flexibility index (Phi) is 4.01. The molecule has 0 aromatic rings. The fraction of sp³-hybridized carbons (Fsp3) is 0.917. The predicted molar refractivity (Wildman–Crippen MR) is 58.6 cm³/mol. The number of nitrogens with one attached hydrogen (secondary N) is 1. The van der Waals surface area contributed by atoms with Gasteiger partial charge in [0.2, 0.25) is 5.91 Å². The normalized spacial score (nSPS) is 27.9. The molecule has 0 unspecified atom stereocenters. The number of carbonyl (C=O) groups is 1. The molecule has 0 bridgehead atoms. The van der Waals surface area contributed by atoms with Gasteiger partial charge in [-0.2, -0.15) is 0 Å². The zero-order valence-electron chi connectivity index (χ0n) is 9.34. The molecule has 1 aliphatic carbocycles. The van der Waals surface area contributed by atoms with Gasteiger partial charge in [-0.25, -0.2) is 0 Å². The molecule has 2 rings (SSSR count). The van der Waals surface area contributed by atoms with E-state index in [1.54, 1.807) is 0 Å². The van der Waals surface area contributed by atoms with Crippen molar-refractivity contribution in [2.24, 2.45) is 5.92 Å². The zero-order chi connectivity index (χ0) is 10.5. The Morgan fingerprint density at radius 1 is 1.13 bits per heavy atom. The molecule has 0 aromatic heterocycles. The Morgan fingerprint density at radius 3 is 2.60 bits per heavy atom. The lowest BCUT2D eigenvalue weighted by molar-refractivity contribution is -0.130. The van der Waals surface area contributed by atoms with Crippen LogP contribution in [0.4, 0.5) is 0 Å². The molecule has 1 aliphatic heterocycles. The third-order valence-electron chi connectivity index (χ3n) is 3.51. The molecule has 2 aliphatic rings. The van der Waals surface area contributed by atoms with E-state index in [9.17, 15) is 4.79 Å². The zero-order valence-corrected chi connectivity index (χ0v) is 9.34. The molecule has 0 spiro atoms. The van der Waals surface area contributed by atoms with Crippen LogP contribution >= 0.6 is 0 Å². The molecule has 2 fully saturated rings. The summed E-state index contributed by atoms with van der Waals surface area (Å²) in [4.78, 5) is 11.7. The van der Waals surface area contributed by atoms with E-state index in [1.807, 2.05) is 0 Å². The maximum atomic E-state index is 11.7. The lowest BCUT2D eigenvalue weighted by atomic mass is 9.89. The third kappa shape index (κ3) is 3.20. The van der Waals surface area contributed by atoms with Gasteiger partial charge in [-0.1, -0.05) is 19.3 Å². The molecule has 1 atom stereocenters. The van der Waals surface area contributed by atoms with E-state index >= 15 is 0 Å². The van der Waals surface area contributed by atoms with Crippen molar-refractivity contribution in [3.05, 3.63) is 0 Å². The monoisotopic (exact) mass is 211 g/mol. The highest BCUT2D eigenvalue weighted by Crippen LogP contribution is 2.23. The minimum absolute atomic E-state index is 0.109. The van der Waals surface area contributed by atoms with Crippen LogP contribution in [0, 0.1) is 5.92 Å². The van der Waals surface area contributed by atoms with Gasteiger partial charge in [-0.3, -0.25) is 4.79 Å². The molecule has 1 heterocycles. The SMILES string of the molecule is O=C(NCC1CCCCC1)[C@@H]1CCCO1. The summed E-state index contributed by atoms with van der Waals surface area (Å²) in [5.41, 5.74) is 0. The highest BCUT2D eigenvalue weighted by molar-refractivity contribution is 5.80. The van der Waals surface area contributed by atoms with E-state index in [0.29, 0.717) is 5.92 Å². The number of rotatable bonds is 3. The lowest BCUT2D eigenvalue weighted by Gasteiger charge is -2.22. The summed E-state index contributed by atoms with van der Waals surface area (Å²) < 4.78 is 5.34. The van der Waals surface area contributed by atoms with Crippen molar-refractivity contribution in [1.82, 2.24) is 5.32 Å². The molecule has 0 radical (unpaired) electrons. The molecule has 1 saturated carbocycles. The molecule has 3 heteroatoms. The fourth-order valence-corrected chi connectivity index (χ4v) is 2.53. The van der Waals surface area contributed by atoms with E-state index in [0.717, 1.165) is 26.0 Å². The number of hydrogen-bond acceptors (Lipinski definition) is 2. The maximum Gasteiger partial charge on any atom is 0.249 e. The average molecular weight is 211 g/mol. The topological polar surface area (TPSA) is 38.3 Å².